The summed E-state index contributed by atoms with van der Waals surface area (Å²) in [6, 6.07) is 11.6. The van der Waals surface area contributed by atoms with Gasteiger partial charge in [0.05, 0.1) is 17.6 Å². The van der Waals surface area contributed by atoms with Gasteiger partial charge in [0.25, 0.3) is 5.91 Å². The average molecular weight is 461 g/mol. The Bertz CT molecular complexity index is 1060. The Kier molecular flexibility index (Phi) is 7.87. The number of nitrogens with one attached hydrogen (secondary N) is 1. The van der Waals surface area contributed by atoms with Crippen LogP contribution in [-0.4, -0.2) is 51.4 Å². The van der Waals surface area contributed by atoms with E-state index in [2.05, 4.69) is 5.32 Å². The second kappa shape index (κ2) is 10.6. The quantitative estimate of drug-likeness (QED) is 0.608. The number of benzene rings is 2. The van der Waals surface area contributed by atoms with Crippen molar-refractivity contribution in [2.24, 2.45) is 0 Å². The van der Waals surface area contributed by atoms with Gasteiger partial charge < -0.3 is 14.8 Å². The topological polar surface area (TPSA) is 102 Å². The predicted octanol–water partition coefficient (Wildman–Crippen LogP) is 2.65. The van der Waals surface area contributed by atoms with Crippen molar-refractivity contribution >= 4 is 21.9 Å². The number of rotatable bonds is 8. The zero-order valence-corrected chi connectivity index (χ0v) is 19.1. The smallest absolute Gasteiger partial charge is 0.338 e. The first-order chi connectivity index (χ1) is 15.3. The molecule has 32 heavy (non-hydrogen) atoms. The molecule has 0 bridgehead atoms. The summed E-state index contributed by atoms with van der Waals surface area (Å²) >= 11 is 0. The molecule has 0 unspecified atom stereocenters. The number of carbonyl (C=O) groups is 2. The highest BCUT2D eigenvalue weighted by Gasteiger charge is 2.27. The second-order valence-corrected chi connectivity index (χ2v) is 9.58. The molecule has 0 atom stereocenters. The maximum atomic E-state index is 12.9. The zero-order valence-electron chi connectivity index (χ0n) is 18.3. The van der Waals surface area contributed by atoms with Gasteiger partial charge in [0, 0.05) is 19.6 Å². The number of piperidine rings is 1. The summed E-state index contributed by atoms with van der Waals surface area (Å²) in [6.45, 7) is 2.47. The van der Waals surface area contributed by atoms with Gasteiger partial charge in [0.15, 0.2) is 6.61 Å². The summed E-state index contributed by atoms with van der Waals surface area (Å²) in [5.74, 6) is -0.476. The van der Waals surface area contributed by atoms with Gasteiger partial charge >= 0.3 is 5.97 Å². The molecule has 3 rings (SSSR count). The highest BCUT2D eigenvalue weighted by Crippen LogP contribution is 2.23. The van der Waals surface area contributed by atoms with E-state index in [1.54, 1.807) is 32.2 Å². The molecule has 2 aromatic carbocycles. The predicted molar refractivity (Wildman–Crippen MR) is 119 cm³/mol. The van der Waals surface area contributed by atoms with Gasteiger partial charge in [-0.3, -0.25) is 4.79 Å². The number of carbonyl (C=O) groups excluding carboxylic acids is 2. The average Bonchev–Trinajstić information content (AvgIpc) is 2.82. The fourth-order valence-corrected chi connectivity index (χ4v) is 4.98. The second-order valence-electron chi connectivity index (χ2n) is 7.64. The Morgan fingerprint density at radius 3 is 2.38 bits per heavy atom. The van der Waals surface area contributed by atoms with E-state index in [0.29, 0.717) is 24.4 Å². The van der Waals surface area contributed by atoms with E-state index in [4.69, 9.17) is 9.47 Å². The van der Waals surface area contributed by atoms with Crippen LogP contribution in [0.15, 0.2) is 47.4 Å². The molecule has 1 aliphatic heterocycles. The molecule has 0 aliphatic carbocycles. The summed E-state index contributed by atoms with van der Waals surface area (Å²) in [5, 5.41) is 2.68. The van der Waals surface area contributed by atoms with Crippen molar-refractivity contribution in [1.82, 2.24) is 9.62 Å². The molecule has 0 saturated carbocycles. The maximum Gasteiger partial charge on any atom is 0.338 e. The summed E-state index contributed by atoms with van der Waals surface area (Å²) in [4.78, 5) is 24.7. The van der Waals surface area contributed by atoms with Crippen LogP contribution < -0.4 is 10.1 Å². The number of sulfonamides is 1. The van der Waals surface area contributed by atoms with Gasteiger partial charge in [-0.25, -0.2) is 13.2 Å². The number of hydrogen-bond donors (Lipinski definition) is 1. The molecule has 0 aromatic heterocycles. The monoisotopic (exact) mass is 460 g/mol. The van der Waals surface area contributed by atoms with Crippen molar-refractivity contribution in [3.63, 3.8) is 0 Å². The molecule has 0 spiro atoms. The minimum Gasteiger partial charge on any atom is -0.497 e. The Balaban J connectivity index is 1.59. The molecule has 8 nitrogen and oxygen atoms in total. The van der Waals surface area contributed by atoms with E-state index in [1.807, 2.05) is 12.1 Å². The number of nitrogens with zero attached hydrogens (tertiary/aromatic N) is 1. The third-order valence-corrected chi connectivity index (χ3v) is 7.26. The van der Waals surface area contributed by atoms with Crippen LogP contribution in [0.5, 0.6) is 5.75 Å². The molecule has 2 aromatic rings. The van der Waals surface area contributed by atoms with Crippen LogP contribution in [0, 0.1) is 6.92 Å². The van der Waals surface area contributed by atoms with Crippen molar-refractivity contribution in [1.29, 1.82) is 0 Å². The minimum absolute atomic E-state index is 0.0564. The Labute approximate surface area is 188 Å². The molecule has 1 heterocycles. The minimum atomic E-state index is -3.67. The number of amides is 1. The lowest BCUT2D eigenvalue weighted by molar-refractivity contribution is -0.124. The lowest BCUT2D eigenvalue weighted by Gasteiger charge is -2.26. The van der Waals surface area contributed by atoms with Crippen LogP contribution in [0.1, 0.15) is 40.7 Å². The van der Waals surface area contributed by atoms with E-state index in [0.717, 1.165) is 24.8 Å². The lowest BCUT2D eigenvalue weighted by Crippen LogP contribution is -2.35. The zero-order chi connectivity index (χ0) is 23.1. The highest BCUT2D eigenvalue weighted by atomic mass is 32.2. The number of hydrogen-bond acceptors (Lipinski definition) is 6. The summed E-state index contributed by atoms with van der Waals surface area (Å²) in [5.41, 5.74) is 1.58. The molecule has 1 N–H and O–H groups in total. The third kappa shape index (κ3) is 5.86. The summed E-state index contributed by atoms with van der Waals surface area (Å²) in [7, 11) is -2.10. The Morgan fingerprint density at radius 1 is 1.03 bits per heavy atom. The SMILES string of the molecule is COc1ccc(CNC(=O)COC(=O)c2cc(S(=O)(=O)N3CCCCC3)ccc2C)cc1. The van der Waals surface area contributed by atoms with E-state index in [-0.39, 0.29) is 17.0 Å². The third-order valence-electron chi connectivity index (χ3n) is 5.36. The number of methoxy groups -OCH3 is 1. The van der Waals surface area contributed by atoms with Crippen LogP contribution >= 0.6 is 0 Å². The Morgan fingerprint density at radius 2 is 1.72 bits per heavy atom. The number of aryl methyl sites for hydroxylation is 1. The van der Waals surface area contributed by atoms with Gasteiger partial charge in [0.1, 0.15) is 5.75 Å². The number of ether oxygens (including phenoxy) is 2. The largest absolute Gasteiger partial charge is 0.497 e. The first-order valence-corrected chi connectivity index (χ1v) is 11.9. The fourth-order valence-electron chi connectivity index (χ4n) is 3.44. The van der Waals surface area contributed by atoms with E-state index < -0.39 is 28.5 Å². The molecule has 1 saturated heterocycles. The van der Waals surface area contributed by atoms with E-state index >= 15 is 0 Å². The number of esters is 1. The maximum absolute atomic E-state index is 12.9. The van der Waals surface area contributed by atoms with Gasteiger partial charge in [-0.05, 0) is 55.2 Å². The van der Waals surface area contributed by atoms with Crippen LogP contribution in [-0.2, 0) is 26.1 Å². The van der Waals surface area contributed by atoms with Crippen molar-refractivity contribution in [3.8, 4) is 5.75 Å². The molecule has 9 heteroatoms. The van der Waals surface area contributed by atoms with Crippen molar-refractivity contribution in [2.45, 2.75) is 37.6 Å². The Hall–Kier alpha value is -2.91. The van der Waals surface area contributed by atoms with Crippen molar-refractivity contribution in [3.05, 3.63) is 59.2 Å². The molecule has 172 valence electrons. The van der Waals surface area contributed by atoms with E-state index in [1.165, 1.54) is 16.4 Å². The molecule has 0 radical (unpaired) electrons. The molecule has 1 fully saturated rings. The van der Waals surface area contributed by atoms with Gasteiger partial charge in [-0.2, -0.15) is 4.31 Å². The van der Waals surface area contributed by atoms with E-state index in [9.17, 15) is 18.0 Å². The van der Waals surface area contributed by atoms with Crippen LogP contribution in [0.25, 0.3) is 0 Å². The molecule has 1 amide bonds. The standard InChI is InChI=1S/C23H28N2O6S/c1-17-6-11-20(32(28,29)25-12-4-3-5-13-25)14-21(17)23(27)31-16-22(26)24-15-18-7-9-19(30-2)10-8-18/h6-11,14H,3-5,12-13,15-16H2,1-2H3,(H,24,26). The summed E-state index contributed by atoms with van der Waals surface area (Å²) in [6.07, 6.45) is 2.66. The fraction of sp³-hybridized carbons (Fsp3) is 0.391. The first-order valence-electron chi connectivity index (χ1n) is 10.5. The van der Waals surface area contributed by atoms with Crippen LogP contribution in [0.2, 0.25) is 0 Å². The van der Waals surface area contributed by atoms with Crippen LogP contribution in [0.3, 0.4) is 0 Å². The van der Waals surface area contributed by atoms with Crippen molar-refractivity contribution in [2.75, 3.05) is 26.8 Å². The van der Waals surface area contributed by atoms with Crippen LogP contribution in [0.4, 0.5) is 0 Å². The van der Waals surface area contributed by atoms with Crippen molar-refractivity contribution < 1.29 is 27.5 Å². The molecule has 1 aliphatic rings. The first kappa shape index (κ1) is 23.7. The lowest BCUT2D eigenvalue weighted by atomic mass is 10.1. The van der Waals surface area contributed by atoms with Gasteiger partial charge in [-0.1, -0.05) is 24.6 Å². The molecular weight excluding hydrogens is 432 g/mol. The van der Waals surface area contributed by atoms with Gasteiger partial charge in [-0.15, -0.1) is 0 Å². The normalized spacial score (nSPS) is 14.6. The van der Waals surface area contributed by atoms with Gasteiger partial charge in [0.2, 0.25) is 10.0 Å². The highest BCUT2D eigenvalue weighted by molar-refractivity contribution is 7.89. The summed E-state index contributed by atoms with van der Waals surface area (Å²) < 4.78 is 37.5. The molecular formula is C23H28N2O6S.